The van der Waals surface area contributed by atoms with Gasteiger partial charge < -0.3 is 9.47 Å². The SMILES string of the molecule is CCCCCOc1cc(C(C)=O)ccc1OC. The van der Waals surface area contributed by atoms with Crippen molar-refractivity contribution in [2.24, 2.45) is 0 Å². The molecule has 0 aromatic heterocycles. The van der Waals surface area contributed by atoms with E-state index in [9.17, 15) is 4.79 Å². The van der Waals surface area contributed by atoms with Crippen LogP contribution in [0, 0.1) is 0 Å². The van der Waals surface area contributed by atoms with Crippen molar-refractivity contribution in [3.8, 4) is 11.5 Å². The second-order valence-corrected chi connectivity index (χ2v) is 3.98. The molecule has 0 saturated heterocycles. The Morgan fingerprint density at radius 1 is 1.24 bits per heavy atom. The Bertz CT molecular complexity index is 372. The third kappa shape index (κ3) is 4.10. The summed E-state index contributed by atoms with van der Waals surface area (Å²) in [5.41, 5.74) is 0.649. The molecule has 0 heterocycles. The van der Waals surface area contributed by atoms with Gasteiger partial charge in [-0.2, -0.15) is 0 Å². The normalized spacial score (nSPS) is 10.1. The molecule has 0 aliphatic heterocycles. The Labute approximate surface area is 103 Å². The van der Waals surface area contributed by atoms with Gasteiger partial charge in [-0.05, 0) is 31.5 Å². The van der Waals surface area contributed by atoms with Crippen LogP contribution in [-0.2, 0) is 0 Å². The highest BCUT2D eigenvalue weighted by atomic mass is 16.5. The fraction of sp³-hybridized carbons (Fsp3) is 0.500. The molecule has 0 unspecified atom stereocenters. The molecule has 0 N–H and O–H groups in total. The van der Waals surface area contributed by atoms with Crippen LogP contribution in [0.4, 0.5) is 0 Å². The number of rotatable bonds is 7. The van der Waals surface area contributed by atoms with E-state index in [0.717, 1.165) is 19.3 Å². The molecule has 0 saturated carbocycles. The smallest absolute Gasteiger partial charge is 0.161 e. The third-order valence-corrected chi connectivity index (χ3v) is 2.58. The quantitative estimate of drug-likeness (QED) is 0.537. The van der Waals surface area contributed by atoms with Crippen LogP contribution >= 0.6 is 0 Å². The summed E-state index contributed by atoms with van der Waals surface area (Å²) in [7, 11) is 1.60. The highest BCUT2D eigenvalue weighted by Crippen LogP contribution is 2.28. The second-order valence-electron chi connectivity index (χ2n) is 3.98. The molecule has 0 bridgehead atoms. The second kappa shape index (κ2) is 6.94. The van der Waals surface area contributed by atoms with E-state index in [1.165, 1.54) is 0 Å². The molecule has 0 aliphatic carbocycles. The molecule has 0 atom stereocenters. The number of unbranched alkanes of at least 4 members (excludes halogenated alkanes) is 2. The molecule has 94 valence electrons. The molecule has 0 fully saturated rings. The van der Waals surface area contributed by atoms with Crippen molar-refractivity contribution in [2.45, 2.75) is 33.1 Å². The maximum atomic E-state index is 11.3. The molecule has 0 spiro atoms. The van der Waals surface area contributed by atoms with Gasteiger partial charge in [0.25, 0.3) is 0 Å². The number of methoxy groups -OCH3 is 1. The van der Waals surface area contributed by atoms with Gasteiger partial charge in [-0.1, -0.05) is 19.8 Å². The molecule has 1 aromatic rings. The number of ketones is 1. The minimum atomic E-state index is 0.0334. The van der Waals surface area contributed by atoms with Crippen molar-refractivity contribution in [1.82, 2.24) is 0 Å². The number of hydrogen-bond acceptors (Lipinski definition) is 3. The Balaban J connectivity index is 2.72. The molecule has 0 radical (unpaired) electrons. The zero-order valence-electron chi connectivity index (χ0n) is 10.8. The van der Waals surface area contributed by atoms with Gasteiger partial charge >= 0.3 is 0 Å². The summed E-state index contributed by atoms with van der Waals surface area (Å²) in [6.07, 6.45) is 3.33. The van der Waals surface area contributed by atoms with E-state index in [4.69, 9.17) is 9.47 Å². The molecule has 3 nitrogen and oxygen atoms in total. The third-order valence-electron chi connectivity index (χ3n) is 2.58. The maximum absolute atomic E-state index is 11.3. The monoisotopic (exact) mass is 236 g/mol. The van der Waals surface area contributed by atoms with Crippen LogP contribution < -0.4 is 9.47 Å². The lowest BCUT2D eigenvalue weighted by atomic mass is 10.1. The Hall–Kier alpha value is -1.51. The first-order chi connectivity index (χ1) is 8.19. The van der Waals surface area contributed by atoms with E-state index in [0.29, 0.717) is 23.7 Å². The Morgan fingerprint density at radius 2 is 2.00 bits per heavy atom. The van der Waals surface area contributed by atoms with Gasteiger partial charge in [0, 0.05) is 5.56 Å². The minimum Gasteiger partial charge on any atom is -0.493 e. The maximum Gasteiger partial charge on any atom is 0.161 e. The summed E-state index contributed by atoms with van der Waals surface area (Å²) in [5, 5.41) is 0. The van der Waals surface area contributed by atoms with Gasteiger partial charge in [-0.25, -0.2) is 0 Å². The average molecular weight is 236 g/mol. The van der Waals surface area contributed by atoms with Crippen molar-refractivity contribution in [3.05, 3.63) is 23.8 Å². The summed E-state index contributed by atoms with van der Waals surface area (Å²) in [5.74, 6) is 1.36. The first-order valence-corrected chi connectivity index (χ1v) is 6.00. The molecule has 17 heavy (non-hydrogen) atoms. The first kappa shape index (κ1) is 13.6. The van der Waals surface area contributed by atoms with Crippen LogP contribution in [0.1, 0.15) is 43.5 Å². The van der Waals surface area contributed by atoms with Crippen molar-refractivity contribution in [3.63, 3.8) is 0 Å². The van der Waals surface area contributed by atoms with Crippen molar-refractivity contribution >= 4 is 5.78 Å². The molecule has 0 aliphatic rings. The lowest BCUT2D eigenvalue weighted by molar-refractivity contribution is 0.101. The number of benzene rings is 1. The summed E-state index contributed by atoms with van der Waals surface area (Å²) >= 11 is 0. The van der Waals surface area contributed by atoms with E-state index in [1.807, 2.05) is 0 Å². The topological polar surface area (TPSA) is 35.5 Å². The predicted octanol–water partition coefficient (Wildman–Crippen LogP) is 3.47. The minimum absolute atomic E-state index is 0.0334. The predicted molar refractivity (Wildman–Crippen MR) is 68.0 cm³/mol. The molecule has 1 rings (SSSR count). The summed E-state index contributed by atoms with van der Waals surface area (Å²) in [6.45, 7) is 4.35. The van der Waals surface area contributed by atoms with Gasteiger partial charge in [0.05, 0.1) is 13.7 Å². The number of ether oxygens (including phenoxy) is 2. The lowest BCUT2D eigenvalue weighted by Gasteiger charge is -2.11. The molecule has 3 heteroatoms. The highest BCUT2D eigenvalue weighted by Gasteiger charge is 2.08. The van der Waals surface area contributed by atoms with Crippen molar-refractivity contribution in [1.29, 1.82) is 0 Å². The molecule has 1 aromatic carbocycles. The zero-order valence-corrected chi connectivity index (χ0v) is 10.8. The van der Waals surface area contributed by atoms with Crippen molar-refractivity contribution < 1.29 is 14.3 Å². The molecular weight excluding hydrogens is 216 g/mol. The summed E-state index contributed by atoms with van der Waals surface area (Å²) in [4.78, 5) is 11.3. The number of carbonyl (C=O) groups excluding carboxylic acids is 1. The van der Waals surface area contributed by atoms with E-state index in [-0.39, 0.29) is 5.78 Å². The lowest BCUT2D eigenvalue weighted by Crippen LogP contribution is -2.01. The van der Waals surface area contributed by atoms with Crippen LogP contribution in [0.25, 0.3) is 0 Å². The van der Waals surface area contributed by atoms with Gasteiger partial charge in [0.1, 0.15) is 0 Å². The Kier molecular flexibility index (Phi) is 5.53. The van der Waals surface area contributed by atoms with Crippen LogP contribution in [0.3, 0.4) is 0 Å². The van der Waals surface area contributed by atoms with Crippen LogP contribution in [0.15, 0.2) is 18.2 Å². The van der Waals surface area contributed by atoms with Crippen LogP contribution in [0.2, 0.25) is 0 Å². The van der Waals surface area contributed by atoms with Crippen LogP contribution in [-0.4, -0.2) is 19.5 Å². The number of Topliss-reactive ketones (excluding diaryl/α,β-unsaturated/α-hetero) is 1. The van der Waals surface area contributed by atoms with Crippen molar-refractivity contribution in [2.75, 3.05) is 13.7 Å². The summed E-state index contributed by atoms with van der Waals surface area (Å²) < 4.78 is 10.8. The van der Waals surface area contributed by atoms with Gasteiger partial charge in [0.15, 0.2) is 17.3 Å². The largest absolute Gasteiger partial charge is 0.493 e. The fourth-order valence-electron chi connectivity index (χ4n) is 1.54. The van der Waals surface area contributed by atoms with E-state index in [1.54, 1.807) is 32.2 Å². The van der Waals surface area contributed by atoms with E-state index >= 15 is 0 Å². The summed E-state index contributed by atoms with van der Waals surface area (Å²) in [6, 6.07) is 5.26. The highest BCUT2D eigenvalue weighted by molar-refractivity contribution is 5.94. The number of hydrogen-bond donors (Lipinski definition) is 0. The molecular formula is C14H20O3. The number of carbonyl (C=O) groups is 1. The van der Waals surface area contributed by atoms with Gasteiger partial charge in [0.2, 0.25) is 0 Å². The van der Waals surface area contributed by atoms with Crippen LogP contribution in [0.5, 0.6) is 11.5 Å². The average Bonchev–Trinajstić information content (AvgIpc) is 2.34. The zero-order chi connectivity index (χ0) is 12.7. The van der Waals surface area contributed by atoms with Gasteiger partial charge in [-0.15, -0.1) is 0 Å². The standard InChI is InChI=1S/C14H20O3/c1-4-5-6-9-17-14-10-12(11(2)15)7-8-13(14)16-3/h7-8,10H,4-6,9H2,1-3H3. The van der Waals surface area contributed by atoms with E-state index in [2.05, 4.69) is 6.92 Å². The first-order valence-electron chi connectivity index (χ1n) is 6.00. The Morgan fingerprint density at radius 3 is 2.59 bits per heavy atom. The van der Waals surface area contributed by atoms with Gasteiger partial charge in [-0.3, -0.25) is 4.79 Å². The fourth-order valence-corrected chi connectivity index (χ4v) is 1.54. The molecule has 0 amide bonds. The van der Waals surface area contributed by atoms with E-state index < -0.39 is 0 Å².